The molecule has 9 nitrogen and oxygen atoms in total. The summed E-state index contributed by atoms with van der Waals surface area (Å²) in [7, 11) is 3.93. The van der Waals surface area contributed by atoms with Gasteiger partial charge in [-0.3, -0.25) is 14.5 Å². The van der Waals surface area contributed by atoms with E-state index < -0.39 is 0 Å². The summed E-state index contributed by atoms with van der Waals surface area (Å²) in [5.41, 5.74) is 5.28. The number of likely N-dealkylation sites (tertiary alicyclic amines) is 1. The first-order valence-corrected chi connectivity index (χ1v) is 12.3. The number of H-pyrrole nitrogens is 1. The van der Waals surface area contributed by atoms with Crippen LogP contribution in [-0.2, 0) is 7.05 Å². The summed E-state index contributed by atoms with van der Waals surface area (Å²) in [6.07, 6.45) is 5.41. The molecule has 0 bridgehead atoms. The van der Waals surface area contributed by atoms with Crippen molar-refractivity contribution in [3.05, 3.63) is 69.5 Å². The van der Waals surface area contributed by atoms with Gasteiger partial charge >= 0.3 is 0 Å². The molecular formula is C26H27ClN8O. The molecule has 10 heteroatoms. The molecule has 1 fully saturated rings. The van der Waals surface area contributed by atoms with Gasteiger partial charge in [0.05, 0.1) is 29.8 Å². The quantitative estimate of drug-likeness (QED) is 0.348. The Morgan fingerprint density at radius 1 is 1.17 bits per heavy atom. The van der Waals surface area contributed by atoms with E-state index >= 15 is 0 Å². The van der Waals surface area contributed by atoms with E-state index in [9.17, 15) is 4.79 Å². The summed E-state index contributed by atoms with van der Waals surface area (Å²) in [6.45, 7) is 5.95. The molecule has 5 heterocycles. The van der Waals surface area contributed by atoms with Gasteiger partial charge in [0.25, 0.3) is 5.56 Å². The number of hydrogen-bond acceptors (Lipinski definition) is 6. The van der Waals surface area contributed by atoms with E-state index in [1.165, 1.54) is 0 Å². The molecule has 1 atom stereocenters. The lowest BCUT2D eigenvalue weighted by molar-refractivity contribution is 0.133. The van der Waals surface area contributed by atoms with Crippen LogP contribution in [0.4, 0.5) is 5.69 Å². The Hall–Kier alpha value is -3.69. The predicted octanol–water partition coefficient (Wildman–Crippen LogP) is 4.29. The number of aryl methyl sites for hydroxylation is 2. The minimum absolute atomic E-state index is 0.0173. The maximum absolute atomic E-state index is 13.6. The molecular weight excluding hydrogens is 476 g/mol. The van der Waals surface area contributed by atoms with E-state index in [1.54, 1.807) is 23.0 Å². The SMILES string of the molecule is Cc1cc(C(C)Nc2ccc(Cl)nc2-c2cn[nH]c2)c2c(c1)c(=O)n(C)c1c2cnn1C1CN(C)C1. The summed E-state index contributed by atoms with van der Waals surface area (Å²) in [5.74, 6) is 0. The van der Waals surface area contributed by atoms with E-state index in [-0.39, 0.29) is 17.6 Å². The van der Waals surface area contributed by atoms with Crippen LogP contribution in [0.5, 0.6) is 0 Å². The minimum atomic E-state index is -0.130. The highest BCUT2D eigenvalue weighted by Crippen LogP contribution is 2.35. The number of rotatable bonds is 5. The number of hydrogen-bond donors (Lipinski definition) is 2. The molecule has 0 amide bonds. The molecule has 1 saturated heterocycles. The fourth-order valence-electron chi connectivity index (χ4n) is 5.32. The van der Waals surface area contributed by atoms with Crippen molar-refractivity contribution in [1.29, 1.82) is 0 Å². The molecule has 184 valence electrons. The number of nitrogens with zero attached hydrogens (tertiary/aromatic N) is 6. The second-order valence-electron chi connectivity index (χ2n) is 9.73. The molecule has 4 aromatic heterocycles. The number of aromatic amines is 1. The van der Waals surface area contributed by atoms with Crippen molar-refractivity contribution >= 4 is 39.1 Å². The van der Waals surface area contributed by atoms with Gasteiger partial charge in [0.2, 0.25) is 0 Å². The van der Waals surface area contributed by atoms with Crippen LogP contribution in [-0.4, -0.2) is 54.6 Å². The van der Waals surface area contributed by atoms with Gasteiger partial charge in [0, 0.05) is 54.1 Å². The van der Waals surface area contributed by atoms with Gasteiger partial charge in [-0.1, -0.05) is 17.7 Å². The van der Waals surface area contributed by atoms with E-state index in [2.05, 4.69) is 45.4 Å². The van der Waals surface area contributed by atoms with Crippen LogP contribution in [0.15, 0.2) is 47.7 Å². The van der Waals surface area contributed by atoms with Gasteiger partial charge in [0.15, 0.2) is 0 Å². The Morgan fingerprint density at radius 3 is 2.69 bits per heavy atom. The van der Waals surface area contributed by atoms with Crippen molar-refractivity contribution < 1.29 is 0 Å². The Labute approximate surface area is 212 Å². The van der Waals surface area contributed by atoms with Gasteiger partial charge in [-0.2, -0.15) is 10.2 Å². The van der Waals surface area contributed by atoms with Crippen LogP contribution in [0.2, 0.25) is 5.15 Å². The molecule has 1 unspecified atom stereocenters. The van der Waals surface area contributed by atoms with Crippen LogP contribution in [0.1, 0.15) is 30.1 Å². The molecule has 36 heavy (non-hydrogen) atoms. The third-order valence-corrected chi connectivity index (χ3v) is 7.28. The maximum Gasteiger partial charge on any atom is 0.259 e. The number of halogens is 1. The molecule has 6 rings (SSSR count). The monoisotopic (exact) mass is 502 g/mol. The van der Waals surface area contributed by atoms with Crippen molar-refractivity contribution in [1.82, 2.24) is 34.4 Å². The average molecular weight is 503 g/mol. The number of nitrogens with one attached hydrogen (secondary N) is 2. The summed E-state index contributed by atoms with van der Waals surface area (Å²) < 4.78 is 3.75. The number of fused-ring (bicyclic) bond motifs is 3. The summed E-state index contributed by atoms with van der Waals surface area (Å²) >= 11 is 6.22. The standard InChI is InChI=1S/C26H27ClN8O/c1-14-7-18(15(2)31-21-5-6-22(27)32-24(21)16-9-28-29-10-16)23-19(8-14)26(36)34(4)25-20(23)11-30-35(25)17-12-33(3)13-17/h5-11,15,17,31H,12-13H2,1-4H3,(H,28,29). The molecule has 0 spiro atoms. The lowest BCUT2D eigenvalue weighted by Crippen LogP contribution is -2.45. The van der Waals surface area contributed by atoms with Crippen LogP contribution in [0, 0.1) is 6.92 Å². The zero-order chi connectivity index (χ0) is 25.1. The largest absolute Gasteiger partial charge is 0.377 e. The number of benzene rings is 1. The summed E-state index contributed by atoms with van der Waals surface area (Å²) in [4.78, 5) is 20.4. The topological polar surface area (TPSA) is 96.7 Å². The van der Waals surface area contributed by atoms with E-state index in [4.69, 9.17) is 16.7 Å². The molecule has 0 radical (unpaired) electrons. The van der Waals surface area contributed by atoms with Gasteiger partial charge in [-0.25, -0.2) is 9.67 Å². The highest BCUT2D eigenvalue weighted by atomic mass is 35.5. The van der Waals surface area contributed by atoms with Crippen molar-refractivity contribution in [3.8, 4) is 11.3 Å². The summed E-state index contributed by atoms with van der Waals surface area (Å²) in [6, 6.07) is 7.94. The average Bonchev–Trinajstić information content (AvgIpc) is 3.51. The van der Waals surface area contributed by atoms with E-state index in [0.717, 1.165) is 51.9 Å². The molecule has 2 N–H and O–H groups in total. The van der Waals surface area contributed by atoms with E-state index in [1.807, 2.05) is 37.0 Å². The summed E-state index contributed by atoms with van der Waals surface area (Å²) in [5, 5.41) is 18.3. The zero-order valence-corrected chi connectivity index (χ0v) is 21.3. The maximum atomic E-state index is 13.6. The fraction of sp³-hybridized carbons (Fsp3) is 0.308. The molecule has 0 saturated carbocycles. The second kappa shape index (κ2) is 8.46. The van der Waals surface area contributed by atoms with Crippen molar-refractivity contribution in [2.45, 2.75) is 25.9 Å². The van der Waals surface area contributed by atoms with Gasteiger partial charge < -0.3 is 10.2 Å². The molecule has 1 aliphatic heterocycles. The molecule has 5 aromatic rings. The highest BCUT2D eigenvalue weighted by molar-refractivity contribution is 6.29. The first-order chi connectivity index (χ1) is 17.3. The first-order valence-electron chi connectivity index (χ1n) is 11.9. The van der Waals surface area contributed by atoms with Crippen LogP contribution in [0.3, 0.4) is 0 Å². The number of pyridine rings is 2. The first kappa shape index (κ1) is 22.8. The number of anilines is 1. The molecule has 0 aliphatic carbocycles. The predicted molar refractivity (Wildman–Crippen MR) is 143 cm³/mol. The van der Waals surface area contributed by atoms with Crippen LogP contribution in [0.25, 0.3) is 33.1 Å². The van der Waals surface area contributed by atoms with Crippen molar-refractivity contribution in [3.63, 3.8) is 0 Å². The highest BCUT2D eigenvalue weighted by Gasteiger charge is 2.29. The fourth-order valence-corrected chi connectivity index (χ4v) is 5.47. The number of aromatic nitrogens is 6. The second-order valence-corrected chi connectivity index (χ2v) is 10.1. The van der Waals surface area contributed by atoms with Gasteiger partial charge in [-0.15, -0.1) is 0 Å². The third kappa shape index (κ3) is 3.58. The smallest absolute Gasteiger partial charge is 0.259 e. The lowest BCUT2D eigenvalue weighted by Gasteiger charge is -2.36. The van der Waals surface area contributed by atoms with Gasteiger partial charge in [0.1, 0.15) is 10.8 Å². The molecule has 1 aliphatic rings. The lowest BCUT2D eigenvalue weighted by atomic mass is 9.95. The normalized spacial score (nSPS) is 15.5. The molecule has 1 aromatic carbocycles. The van der Waals surface area contributed by atoms with Crippen molar-refractivity contribution in [2.75, 3.05) is 25.5 Å². The third-order valence-electron chi connectivity index (χ3n) is 7.07. The zero-order valence-electron chi connectivity index (χ0n) is 20.6. The Morgan fingerprint density at radius 2 is 1.97 bits per heavy atom. The Kier molecular flexibility index (Phi) is 5.35. The Bertz CT molecular complexity index is 1660. The van der Waals surface area contributed by atoms with E-state index in [0.29, 0.717) is 16.2 Å². The Balaban J connectivity index is 1.52. The van der Waals surface area contributed by atoms with Gasteiger partial charge in [-0.05, 0) is 50.2 Å². The number of likely N-dealkylation sites (N-methyl/N-ethyl adjacent to an activating group) is 1. The van der Waals surface area contributed by atoms with Crippen LogP contribution >= 0.6 is 11.6 Å². The van der Waals surface area contributed by atoms with Crippen LogP contribution < -0.4 is 10.9 Å². The van der Waals surface area contributed by atoms with Crippen molar-refractivity contribution in [2.24, 2.45) is 7.05 Å². The minimum Gasteiger partial charge on any atom is -0.377 e.